The summed E-state index contributed by atoms with van der Waals surface area (Å²) in [6, 6.07) is 22.2. The number of rotatable bonds is 16. The molecule has 1 saturated heterocycles. The monoisotopic (exact) mass is 696 g/mol. The number of nitriles is 1. The number of benzene rings is 3. The quantitative estimate of drug-likeness (QED) is 0.0936. The third-order valence-corrected chi connectivity index (χ3v) is 10.6. The van der Waals surface area contributed by atoms with Crippen LogP contribution in [-0.2, 0) is 38.8 Å². The fraction of sp³-hybridized carbons (Fsp3) is 0.348. The molecule has 1 N–H and O–H groups in total. The van der Waals surface area contributed by atoms with Crippen molar-refractivity contribution < 1.29 is 0 Å². The molecule has 3 aromatic carbocycles. The lowest BCUT2D eigenvalue weighted by Gasteiger charge is -2.28. The van der Waals surface area contributed by atoms with E-state index in [-0.39, 0.29) is 0 Å². The Bertz CT molecular complexity index is 1890. The van der Waals surface area contributed by atoms with E-state index in [1.807, 2.05) is 37.4 Å². The summed E-state index contributed by atoms with van der Waals surface area (Å²) in [5.74, 6) is 0. The van der Waals surface area contributed by atoms with Crippen LogP contribution in [0.2, 0.25) is 5.02 Å². The van der Waals surface area contributed by atoms with Crippen molar-refractivity contribution >= 4 is 11.6 Å². The van der Waals surface area contributed by atoms with Crippen molar-refractivity contribution in [1.29, 1.82) is 5.26 Å². The molecule has 1 aliphatic heterocycles. The van der Waals surface area contributed by atoms with Crippen LogP contribution in [0, 0.1) is 25.2 Å². The van der Waals surface area contributed by atoms with Gasteiger partial charge in [-0.3, -0.25) is 9.88 Å². The minimum absolute atomic E-state index is 0.611. The van der Waals surface area contributed by atoms with Crippen molar-refractivity contribution in [2.45, 2.75) is 85.2 Å². The second kappa shape index (κ2) is 19.4. The van der Waals surface area contributed by atoms with Crippen molar-refractivity contribution in [2.75, 3.05) is 19.6 Å². The lowest BCUT2D eigenvalue weighted by Crippen LogP contribution is -2.29. The number of allylic oxidation sites excluding steroid dienone is 4. The Morgan fingerprint density at radius 2 is 1.57 bits per heavy atom. The molecule has 0 atom stereocenters. The number of pyridine rings is 1. The number of piperidine rings is 1. The summed E-state index contributed by atoms with van der Waals surface area (Å²) in [7, 11) is 0. The molecule has 1 aromatic heterocycles. The first kappa shape index (κ1) is 38.0. The lowest BCUT2D eigenvalue weighted by molar-refractivity contribution is 0.220. The van der Waals surface area contributed by atoms with Gasteiger partial charge in [0.25, 0.3) is 0 Å². The van der Waals surface area contributed by atoms with Gasteiger partial charge < -0.3 is 5.32 Å². The van der Waals surface area contributed by atoms with Gasteiger partial charge in [0, 0.05) is 30.5 Å². The normalized spacial score (nSPS) is 13.6. The maximum atomic E-state index is 9.38. The van der Waals surface area contributed by atoms with Gasteiger partial charge in [0.1, 0.15) is 6.07 Å². The molecule has 0 aliphatic carbocycles. The molecular weight excluding hydrogens is 644 g/mol. The smallest absolute Gasteiger partial charge is 0.101 e. The highest BCUT2D eigenvalue weighted by Gasteiger charge is 2.17. The SMILES string of the molecule is C=C(/C=C\C=C/C)CCNCc1cccc(-c2cccc(CCc3cc(CCc4cncc(C#N)c4)c(CN4CCCCC4)cc3Cl)c2C)c1C. The van der Waals surface area contributed by atoms with E-state index in [0.717, 1.165) is 81.0 Å². The van der Waals surface area contributed by atoms with Crippen molar-refractivity contribution in [2.24, 2.45) is 0 Å². The van der Waals surface area contributed by atoms with E-state index in [4.69, 9.17) is 11.6 Å². The van der Waals surface area contributed by atoms with Crippen molar-refractivity contribution in [1.82, 2.24) is 15.2 Å². The van der Waals surface area contributed by atoms with Gasteiger partial charge in [-0.25, -0.2) is 0 Å². The molecular formula is C46H53ClN4. The number of likely N-dealkylation sites (tertiary alicyclic amines) is 1. The maximum absolute atomic E-state index is 9.38. The first-order valence-electron chi connectivity index (χ1n) is 18.6. The van der Waals surface area contributed by atoms with Gasteiger partial charge in [0.05, 0.1) is 5.56 Å². The average molecular weight is 697 g/mol. The molecule has 264 valence electrons. The zero-order valence-corrected chi connectivity index (χ0v) is 31.5. The standard InChI is InChI=1S/C46H53ClN4/c1-5-6-8-13-34(2)22-23-49-32-42-15-12-17-45(36(42)4)44-16-11-14-39(35(44)3)20-21-41-27-40(19-18-37-26-38(29-48)31-50-30-37)43(28-46(41)47)33-51-24-9-7-10-25-51/h5-6,8,11-17,26-28,30-31,49H,2,7,9-10,18-25,32-33H2,1,3-4H3/b6-5-,13-8-. The summed E-state index contributed by atoms with van der Waals surface area (Å²) in [6.07, 6.45) is 20.0. The number of hydrogen-bond acceptors (Lipinski definition) is 4. The molecule has 2 heterocycles. The Kier molecular flexibility index (Phi) is 14.4. The van der Waals surface area contributed by atoms with Gasteiger partial charge in [-0.05, 0) is 153 Å². The van der Waals surface area contributed by atoms with E-state index in [9.17, 15) is 5.26 Å². The lowest BCUT2D eigenvalue weighted by atomic mass is 9.89. The third-order valence-electron chi connectivity index (χ3n) is 10.2. The Morgan fingerprint density at radius 1 is 0.863 bits per heavy atom. The van der Waals surface area contributed by atoms with E-state index < -0.39 is 0 Å². The largest absolute Gasteiger partial charge is 0.312 e. The van der Waals surface area contributed by atoms with Crippen LogP contribution >= 0.6 is 11.6 Å². The highest BCUT2D eigenvalue weighted by atomic mass is 35.5. The molecule has 0 unspecified atom stereocenters. The Hall–Kier alpha value is -4.27. The van der Waals surface area contributed by atoms with Crippen LogP contribution in [0.25, 0.3) is 11.1 Å². The highest BCUT2D eigenvalue weighted by Crippen LogP contribution is 2.32. The second-order valence-electron chi connectivity index (χ2n) is 13.9. The van der Waals surface area contributed by atoms with Crippen LogP contribution < -0.4 is 5.32 Å². The number of aryl methyl sites for hydroxylation is 4. The van der Waals surface area contributed by atoms with Gasteiger partial charge >= 0.3 is 0 Å². The second-order valence-corrected chi connectivity index (χ2v) is 14.3. The van der Waals surface area contributed by atoms with Crippen LogP contribution in [0.15, 0.2) is 103 Å². The first-order valence-corrected chi connectivity index (χ1v) is 19.0. The molecule has 1 fully saturated rings. The molecule has 1 aliphatic rings. The average Bonchev–Trinajstić information content (AvgIpc) is 3.14. The topological polar surface area (TPSA) is 52.0 Å². The van der Waals surface area contributed by atoms with Crippen LogP contribution in [0.5, 0.6) is 0 Å². The summed E-state index contributed by atoms with van der Waals surface area (Å²) in [4.78, 5) is 6.87. The fourth-order valence-electron chi connectivity index (χ4n) is 7.14. The summed E-state index contributed by atoms with van der Waals surface area (Å²) >= 11 is 7.06. The molecule has 4 aromatic rings. The molecule has 51 heavy (non-hydrogen) atoms. The van der Waals surface area contributed by atoms with Crippen LogP contribution in [0.3, 0.4) is 0 Å². The molecule has 5 rings (SSSR count). The van der Waals surface area contributed by atoms with Crippen molar-refractivity contribution in [3.05, 3.63) is 159 Å². The van der Waals surface area contributed by atoms with Gasteiger partial charge in [0.15, 0.2) is 0 Å². The van der Waals surface area contributed by atoms with Crippen LogP contribution in [0.1, 0.15) is 82.7 Å². The summed E-state index contributed by atoms with van der Waals surface area (Å²) < 4.78 is 0. The fourth-order valence-corrected chi connectivity index (χ4v) is 7.43. The van der Waals surface area contributed by atoms with Crippen LogP contribution in [0.4, 0.5) is 0 Å². The zero-order valence-electron chi connectivity index (χ0n) is 30.8. The van der Waals surface area contributed by atoms with Gasteiger partial charge in [-0.15, -0.1) is 0 Å². The van der Waals surface area contributed by atoms with E-state index in [1.165, 1.54) is 69.3 Å². The molecule has 0 bridgehead atoms. The molecule has 5 heteroatoms. The molecule has 0 saturated carbocycles. The van der Waals surface area contributed by atoms with E-state index in [2.05, 4.69) is 96.3 Å². The van der Waals surface area contributed by atoms with E-state index >= 15 is 0 Å². The van der Waals surface area contributed by atoms with Crippen molar-refractivity contribution in [3.8, 4) is 17.2 Å². The molecule has 0 amide bonds. The van der Waals surface area contributed by atoms with Gasteiger partial charge in [0.2, 0.25) is 0 Å². The first-order chi connectivity index (χ1) is 24.9. The zero-order chi connectivity index (χ0) is 36.0. The maximum Gasteiger partial charge on any atom is 0.101 e. The molecule has 4 nitrogen and oxygen atoms in total. The minimum atomic E-state index is 0.611. The molecule has 0 spiro atoms. The molecule has 0 radical (unpaired) electrons. The number of aromatic nitrogens is 1. The summed E-state index contributed by atoms with van der Waals surface area (Å²) in [5, 5.41) is 13.9. The van der Waals surface area contributed by atoms with Gasteiger partial charge in [-0.2, -0.15) is 5.26 Å². The van der Waals surface area contributed by atoms with Gasteiger partial charge in [-0.1, -0.05) is 96.9 Å². The number of nitrogens with one attached hydrogen (secondary N) is 1. The van der Waals surface area contributed by atoms with Crippen LogP contribution in [-0.4, -0.2) is 29.5 Å². The minimum Gasteiger partial charge on any atom is -0.312 e. The predicted octanol–water partition coefficient (Wildman–Crippen LogP) is 10.6. The Labute approximate surface area is 311 Å². The van der Waals surface area contributed by atoms with E-state index in [1.54, 1.807) is 6.20 Å². The number of nitrogens with zero attached hydrogens (tertiary/aromatic N) is 3. The number of hydrogen-bond donors (Lipinski definition) is 1. The summed E-state index contributed by atoms with van der Waals surface area (Å²) in [6.45, 7) is 15.7. The Morgan fingerprint density at radius 3 is 2.31 bits per heavy atom. The number of halogens is 1. The van der Waals surface area contributed by atoms with E-state index in [0.29, 0.717) is 5.56 Å². The highest BCUT2D eigenvalue weighted by molar-refractivity contribution is 6.31. The summed E-state index contributed by atoms with van der Waals surface area (Å²) in [5.41, 5.74) is 14.6. The third kappa shape index (κ3) is 10.9. The Balaban J connectivity index is 1.30. The van der Waals surface area contributed by atoms with Crippen molar-refractivity contribution in [3.63, 3.8) is 0 Å². The predicted molar refractivity (Wildman–Crippen MR) is 215 cm³/mol.